The zero-order valence-corrected chi connectivity index (χ0v) is 7.74. The van der Waals surface area contributed by atoms with E-state index in [1.807, 2.05) is 31.2 Å². The van der Waals surface area contributed by atoms with Gasteiger partial charge < -0.3 is 0 Å². The van der Waals surface area contributed by atoms with Gasteiger partial charge in [-0.1, -0.05) is 29.8 Å². The number of aryl methyl sites for hydroxylation is 1. The van der Waals surface area contributed by atoms with Gasteiger partial charge in [0.05, 0.1) is 6.21 Å². The summed E-state index contributed by atoms with van der Waals surface area (Å²) in [4.78, 5) is 10.5. The molecule has 0 aliphatic carbocycles. The molecule has 0 aliphatic rings. The van der Waals surface area contributed by atoms with E-state index in [-0.39, 0.29) is 5.91 Å². The topological polar surface area (TPSA) is 41.5 Å². The van der Waals surface area contributed by atoms with Gasteiger partial charge in [0, 0.05) is 6.92 Å². The molecular formula is C10H12N2O. The van der Waals surface area contributed by atoms with E-state index in [1.165, 1.54) is 12.5 Å². The fraction of sp³-hybridized carbons (Fsp3) is 0.200. The van der Waals surface area contributed by atoms with E-state index in [0.29, 0.717) is 0 Å². The van der Waals surface area contributed by atoms with Crippen LogP contribution in [0.1, 0.15) is 18.1 Å². The second-order valence-corrected chi connectivity index (χ2v) is 2.84. The van der Waals surface area contributed by atoms with Gasteiger partial charge in [0.1, 0.15) is 0 Å². The van der Waals surface area contributed by atoms with Crippen LogP contribution in [0, 0.1) is 6.92 Å². The van der Waals surface area contributed by atoms with E-state index in [0.717, 1.165) is 5.56 Å². The van der Waals surface area contributed by atoms with Crippen molar-refractivity contribution in [3.63, 3.8) is 0 Å². The molecule has 0 heterocycles. The summed E-state index contributed by atoms with van der Waals surface area (Å²) >= 11 is 0. The summed E-state index contributed by atoms with van der Waals surface area (Å²) in [5.74, 6) is -0.164. The molecule has 0 saturated heterocycles. The van der Waals surface area contributed by atoms with Crippen LogP contribution in [-0.4, -0.2) is 12.1 Å². The average molecular weight is 176 g/mol. The number of amides is 1. The maximum absolute atomic E-state index is 10.5. The predicted molar refractivity (Wildman–Crippen MR) is 52.6 cm³/mol. The first kappa shape index (κ1) is 9.45. The van der Waals surface area contributed by atoms with Crippen molar-refractivity contribution in [2.75, 3.05) is 0 Å². The van der Waals surface area contributed by atoms with Crippen LogP contribution in [0.5, 0.6) is 0 Å². The molecule has 3 nitrogen and oxygen atoms in total. The Bertz CT molecular complexity index is 314. The molecule has 0 saturated carbocycles. The summed E-state index contributed by atoms with van der Waals surface area (Å²) in [6.45, 7) is 3.45. The predicted octanol–water partition coefficient (Wildman–Crippen LogP) is 1.47. The van der Waals surface area contributed by atoms with Crippen molar-refractivity contribution in [2.24, 2.45) is 5.10 Å². The molecule has 0 aliphatic heterocycles. The first-order chi connectivity index (χ1) is 6.18. The maximum atomic E-state index is 10.5. The van der Waals surface area contributed by atoms with Crippen molar-refractivity contribution in [1.82, 2.24) is 5.43 Å². The van der Waals surface area contributed by atoms with E-state index < -0.39 is 0 Å². The SMILES string of the molecule is CC(=O)NN=Cc1ccc(C)cc1. The van der Waals surface area contributed by atoms with E-state index in [4.69, 9.17) is 0 Å². The molecule has 0 atom stereocenters. The quantitative estimate of drug-likeness (QED) is 0.538. The molecular weight excluding hydrogens is 164 g/mol. The molecule has 0 fully saturated rings. The normalized spacial score (nSPS) is 10.3. The van der Waals surface area contributed by atoms with Gasteiger partial charge in [-0.15, -0.1) is 0 Å². The van der Waals surface area contributed by atoms with Crippen molar-refractivity contribution in [3.05, 3.63) is 35.4 Å². The maximum Gasteiger partial charge on any atom is 0.236 e. The number of nitrogens with zero attached hydrogens (tertiary/aromatic N) is 1. The van der Waals surface area contributed by atoms with E-state index >= 15 is 0 Å². The highest BCUT2D eigenvalue weighted by atomic mass is 16.2. The van der Waals surface area contributed by atoms with Gasteiger partial charge in [-0.25, -0.2) is 5.43 Å². The number of carbonyl (C=O) groups is 1. The summed E-state index contributed by atoms with van der Waals surface area (Å²) in [5.41, 5.74) is 4.52. The fourth-order valence-corrected chi connectivity index (χ4v) is 0.850. The Labute approximate surface area is 77.5 Å². The lowest BCUT2D eigenvalue weighted by molar-refractivity contribution is -0.118. The molecule has 0 aromatic heterocycles. The highest BCUT2D eigenvalue weighted by Gasteiger charge is 1.87. The lowest BCUT2D eigenvalue weighted by Crippen LogP contribution is -2.12. The van der Waals surface area contributed by atoms with Gasteiger partial charge in [-0.05, 0) is 12.5 Å². The number of hydrogen-bond donors (Lipinski definition) is 1. The average Bonchev–Trinajstić information content (AvgIpc) is 2.08. The molecule has 68 valence electrons. The van der Waals surface area contributed by atoms with Crippen LogP contribution in [0.25, 0.3) is 0 Å². The van der Waals surface area contributed by atoms with Crippen LogP contribution in [-0.2, 0) is 4.79 Å². The van der Waals surface area contributed by atoms with Gasteiger partial charge >= 0.3 is 0 Å². The van der Waals surface area contributed by atoms with Crippen LogP contribution >= 0.6 is 0 Å². The molecule has 1 amide bonds. The van der Waals surface area contributed by atoms with Gasteiger partial charge in [-0.3, -0.25) is 4.79 Å². The molecule has 1 rings (SSSR count). The number of benzene rings is 1. The Hall–Kier alpha value is -1.64. The third kappa shape index (κ3) is 3.51. The summed E-state index contributed by atoms with van der Waals surface area (Å²) in [7, 11) is 0. The zero-order valence-electron chi connectivity index (χ0n) is 7.74. The summed E-state index contributed by atoms with van der Waals surface area (Å²) in [5, 5.41) is 3.75. The highest BCUT2D eigenvalue weighted by Crippen LogP contribution is 1.99. The Morgan fingerprint density at radius 2 is 2.00 bits per heavy atom. The molecule has 1 aromatic rings. The van der Waals surface area contributed by atoms with E-state index in [1.54, 1.807) is 6.21 Å². The number of hydrogen-bond acceptors (Lipinski definition) is 2. The first-order valence-electron chi connectivity index (χ1n) is 4.05. The van der Waals surface area contributed by atoms with Crippen LogP contribution in [0.15, 0.2) is 29.4 Å². The van der Waals surface area contributed by atoms with Gasteiger partial charge in [0.25, 0.3) is 0 Å². The largest absolute Gasteiger partial charge is 0.274 e. The monoisotopic (exact) mass is 176 g/mol. The van der Waals surface area contributed by atoms with Crippen LogP contribution in [0.4, 0.5) is 0 Å². The highest BCUT2D eigenvalue weighted by molar-refractivity contribution is 5.81. The third-order valence-corrected chi connectivity index (χ3v) is 1.51. The Morgan fingerprint density at radius 1 is 1.38 bits per heavy atom. The molecule has 0 bridgehead atoms. The summed E-state index contributed by atoms with van der Waals surface area (Å²) in [6, 6.07) is 7.88. The first-order valence-corrected chi connectivity index (χ1v) is 4.05. The Morgan fingerprint density at radius 3 is 2.54 bits per heavy atom. The van der Waals surface area contributed by atoms with Crippen molar-refractivity contribution in [1.29, 1.82) is 0 Å². The zero-order chi connectivity index (χ0) is 9.68. The number of hydrazone groups is 1. The van der Waals surface area contributed by atoms with E-state index in [9.17, 15) is 4.79 Å². The molecule has 13 heavy (non-hydrogen) atoms. The molecule has 1 aromatic carbocycles. The molecule has 0 radical (unpaired) electrons. The van der Waals surface area contributed by atoms with Crippen molar-refractivity contribution < 1.29 is 4.79 Å². The molecule has 0 spiro atoms. The second-order valence-electron chi connectivity index (χ2n) is 2.84. The van der Waals surface area contributed by atoms with Gasteiger partial charge in [0.2, 0.25) is 5.91 Å². The molecule has 3 heteroatoms. The standard InChI is InChI=1S/C10H12N2O/c1-8-3-5-10(6-4-8)7-11-12-9(2)13/h3-7H,1-2H3,(H,12,13). The summed E-state index contributed by atoms with van der Waals surface area (Å²) in [6.07, 6.45) is 1.61. The smallest absolute Gasteiger partial charge is 0.236 e. The van der Waals surface area contributed by atoms with Crippen molar-refractivity contribution in [2.45, 2.75) is 13.8 Å². The lowest BCUT2D eigenvalue weighted by Gasteiger charge is -1.94. The summed E-state index contributed by atoms with van der Waals surface area (Å²) < 4.78 is 0. The van der Waals surface area contributed by atoms with Crippen LogP contribution in [0.3, 0.4) is 0 Å². The minimum atomic E-state index is -0.164. The number of rotatable bonds is 2. The second kappa shape index (κ2) is 4.40. The van der Waals surface area contributed by atoms with Crippen molar-refractivity contribution in [3.8, 4) is 0 Å². The van der Waals surface area contributed by atoms with Gasteiger partial charge in [0.15, 0.2) is 0 Å². The Balaban J connectivity index is 2.59. The fourth-order valence-electron chi connectivity index (χ4n) is 0.850. The van der Waals surface area contributed by atoms with Crippen LogP contribution < -0.4 is 5.43 Å². The molecule has 1 N–H and O–H groups in total. The number of nitrogens with one attached hydrogen (secondary N) is 1. The lowest BCUT2D eigenvalue weighted by atomic mass is 10.2. The van der Waals surface area contributed by atoms with Crippen LogP contribution in [0.2, 0.25) is 0 Å². The minimum Gasteiger partial charge on any atom is -0.274 e. The molecule has 0 unspecified atom stereocenters. The Kier molecular flexibility index (Phi) is 3.20. The number of carbonyl (C=O) groups excluding carboxylic acids is 1. The van der Waals surface area contributed by atoms with Gasteiger partial charge in [-0.2, -0.15) is 5.10 Å². The third-order valence-electron chi connectivity index (χ3n) is 1.51. The van der Waals surface area contributed by atoms with E-state index in [2.05, 4.69) is 10.5 Å². The minimum absolute atomic E-state index is 0.164. The van der Waals surface area contributed by atoms with Crippen molar-refractivity contribution >= 4 is 12.1 Å².